The molecule has 2 aromatic rings. The van der Waals surface area contributed by atoms with E-state index in [0.29, 0.717) is 29.4 Å². The molecule has 1 aliphatic rings. The average Bonchev–Trinajstić information content (AvgIpc) is 3.26. The summed E-state index contributed by atoms with van der Waals surface area (Å²) in [6.45, 7) is 6.00. The fourth-order valence-electron chi connectivity index (χ4n) is 2.16. The summed E-state index contributed by atoms with van der Waals surface area (Å²) in [7, 11) is 0. The van der Waals surface area contributed by atoms with Crippen LogP contribution in [-0.2, 0) is 0 Å². The SMILES string of the molecule is Cc1ncc(Oc2cc(NC3CC3)ncc2C(C)C)c(N)n1. The molecule has 116 valence electrons. The number of nitrogens with two attached hydrogens (primary N) is 1. The summed E-state index contributed by atoms with van der Waals surface area (Å²) < 4.78 is 5.97. The number of hydrogen-bond acceptors (Lipinski definition) is 6. The summed E-state index contributed by atoms with van der Waals surface area (Å²) in [6.07, 6.45) is 5.86. The average molecular weight is 299 g/mol. The van der Waals surface area contributed by atoms with E-state index in [1.807, 2.05) is 12.3 Å². The predicted octanol–water partition coefficient (Wildman–Crippen LogP) is 3.25. The number of ether oxygens (including phenoxy) is 1. The molecule has 3 rings (SSSR count). The van der Waals surface area contributed by atoms with Crippen LogP contribution in [0.25, 0.3) is 0 Å². The molecule has 6 nitrogen and oxygen atoms in total. The fourth-order valence-corrected chi connectivity index (χ4v) is 2.16. The Hall–Kier alpha value is -2.37. The molecule has 0 aliphatic heterocycles. The lowest BCUT2D eigenvalue weighted by Gasteiger charge is -2.15. The molecule has 0 radical (unpaired) electrons. The van der Waals surface area contributed by atoms with Crippen molar-refractivity contribution >= 4 is 11.6 Å². The van der Waals surface area contributed by atoms with Crippen LogP contribution in [0.2, 0.25) is 0 Å². The summed E-state index contributed by atoms with van der Waals surface area (Å²) in [5.41, 5.74) is 6.95. The van der Waals surface area contributed by atoms with Crippen LogP contribution < -0.4 is 15.8 Å². The first-order valence-corrected chi connectivity index (χ1v) is 7.56. The van der Waals surface area contributed by atoms with Gasteiger partial charge in [-0.15, -0.1) is 0 Å². The summed E-state index contributed by atoms with van der Waals surface area (Å²) >= 11 is 0. The monoisotopic (exact) mass is 299 g/mol. The van der Waals surface area contributed by atoms with Gasteiger partial charge in [-0.25, -0.2) is 15.0 Å². The fraction of sp³-hybridized carbons (Fsp3) is 0.438. The molecule has 0 atom stereocenters. The number of aryl methyl sites for hydroxylation is 1. The Balaban J connectivity index is 1.91. The molecule has 0 saturated heterocycles. The zero-order chi connectivity index (χ0) is 15.7. The lowest BCUT2D eigenvalue weighted by atomic mass is 10.0. The van der Waals surface area contributed by atoms with Crippen molar-refractivity contribution in [2.75, 3.05) is 11.1 Å². The zero-order valence-electron chi connectivity index (χ0n) is 13.1. The van der Waals surface area contributed by atoms with Gasteiger partial charge in [0.15, 0.2) is 11.6 Å². The molecule has 1 saturated carbocycles. The maximum absolute atomic E-state index is 5.97. The molecule has 0 unspecified atom stereocenters. The Kier molecular flexibility index (Phi) is 3.83. The molecule has 0 spiro atoms. The van der Waals surface area contributed by atoms with E-state index in [0.717, 1.165) is 17.1 Å². The van der Waals surface area contributed by atoms with Crippen molar-refractivity contribution in [3.05, 3.63) is 29.8 Å². The Labute approximate surface area is 130 Å². The van der Waals surface area contributed by atoms with Crippen molar-refractivity contribution in [2.24, 2.45) is 0 Å². The van der Waals surface area contributed by atoms with Crippen molar-refractivity contribution in [2.45, 2.75) is 45.6 Å². The maximum Gasteiger partial charge on any atom is 0.187 e. The van der Waals surface area contributed by atoms with Crippen LogP contribution >= 0.6 is 0 Å². The number of rotatable bonds is 5. The Morgan fingerprint density at radius 1 is 1.23 bits per heavy atom. The van der Waals surface area contributed by atoms with E-state index in [-0.39, 0.29) is 0 Å². The van der Waals surface area contributed by atoms with Crippen molar-refractivity contribution < 1.29 is 4.74 Å². The van der Waals surface area contributed by atoms with Crippen molar-refractivity contribution in [1.82, 2.24) is 15.0 Å². The van der Waals surface area contributed by atoms with Gasteiger partial charge in [0.1, 0.15) is 17.4 Å². The summed E-state index contributed by atoms with van der Waals surface area (Å²) in [4.78, 5) is 12.7. The standard InChI is InChI=1S/C16H21N5O/c1-9(2)12-7-19-15(21-11-4-5-11)6-13(12)22-14-8-18-10(3)20-16(14)17/h6-9,11H,4-5H2,1-3H3,(H,19,21)(H2,17,18,20). The van der Waals surface area contributed by atoms with Gasteiger partial charge in [-0.05, 0) is 25.7 Å². The van der Waals surface area contributed by atoms with Crippen LogP contribution in [0.4, 0.5) is 11.6 Å². The first-order valence-electron chi connectivity index (χ1n) is 7.56. The maximum atomic E-state index is 5.97. The zero-order valence-corrected chi connectivity index (χ0v) is 13.1. The number of pyridine rings is 1. The molecule has 2 heterocycles. The van der Waals surface area contributed by atoms with Crippen molar-refractivity contribution in [1.29, 1.82) is 0 Å². The second kappa shape index (κ2) is 5.79. The highest BCUT2D eigenvalue weighted by Gasteiger charge is 2.22. The molecule has 0 amide bonds. The van der Waals surface area contributed by atoms with Crippen LogP contribution in [0.15, 0.2) is 18.5 Å². The minimum absolute atomic E-state index is 0.296. The summed E-state index contributed by atoms with van der Waals surface area (Å²) in [5, 5.41) is 3.38. The summed E-state index contributed by atoms with van der Waals surface area (Å²) in [6, 6.07) is 2.46. The van der Waals surface area contributed by atoms with Gasteiger partial charge in [0.25, 0.3) is 0 Å². The number of nitrogens with one attached hydrogen (secondary N) is 1. The smallest absolute Gasteiger partial charge is 0.187 e. The Bertz CT molecular complexity index is 682. The molecule has 0 aromatic carbocycles. The minimum Gasteiger partial charge on any atom is -0.451 e. The molecule has 0 bridgehead atoms. The molecule has 3 N–H and O–H groups in total. The van der Waals surface area contributed by atoms with Gasteiger partial charge in [0, 0.05) is 23.9 Å². The topological polar surface area (TPSA) is 86.0 Å². The van der Waals surface area contributed by atoms with Gasteiger partial charge in [0.2, 0.25) is 0 Å². The number of anilines is 2. The number of nitrogen functional groups attached to an aromatic ring is 1. The lowest BCUT2D eigenvalue weighted by Crippen LogP contribution is -2.05. The minimum atomic E-state index is 0.296. The quantitative estimate of drug-likeness (QED) is 0.881. The first kappa shape index (κ1) is 14.6. The van der Waals surface area contributed by atoms with Gasteiger partial charge in [-0.3, -0.25) is 0 Å². The number of aromatic nitrogens is 3. The van der Waals surface area contributed by atoms with Crippen LogP contribution in [0.3, 0.4) is 0 Å². The molecule has 1 aliphatic carbocycles. The number of nitrogens with zero attached hydrogens (tertiary/aromatic N) is 3. The van der Waals surface area contributed by atoms with Crippen LogP contribution in [0, 0.1) is 6.92 Å². The van der Waals surface area contributed by atoms with E-state index in [1.165, 1.54) is 12.8 Å². The number of hydrogen-bond donors (Lipinski definition) is 2. The largest absolute Gasteiger partial charge is 0.451 e. The van der Waals surface area contributed by atoms with Crippen molar-refractivity contribution in [3.8, 4) is 11.5 Å². The van der Waals surface area contributed by atoms with Gasteiger partial charge >= 0.3 is 0 Å². The predicted molar refractivity (Wildman–Crippen MR) is 86.2 cm³/mol. The highest BCUT2D eigenvalue weighted by atomic mass is 16.5. The van der Waals surface area contributed by atoms with Crippen LogP contribution in [0.1, 0.15) is 44.0 Å². The van der Waals surface area contributed by atoms with Gasteiger partial charge in [-0.2, -0.15) is 0 Å². The highest BCUT2D eigenvalue weighted by Crippen LogP contribution is 2.34. The van der Waals surface area contributed by atoms with Crippen molar-refractivity contribution in [3.63, 3.8) is 0 Å². The first-order chi connectivity index (χ1) is 10.5. The Morgan fingerprint density at radius 3 is 2.64 bits per heavy atom. The molecular formula is C16H21N5O. The summed E-state index contributed by atoms with van der Waals surface area (Å²) in [5.74, 6) is 3.30. The normalized spacial score (nSPS) is 14.2. The second-order valence-electron chi connectivity index (χ2n) is 5.95. The van der Waals surface area contributed by atoms with Crippen LogP contribution in [0.5, 0.6) is 11.5 Å². The second-order valence-corrected chi connectivity index (χ2v) is 5.95. The van der Waals surface area contributed by atoms with E-state index in [9.17, 15) is 0 Å². The highest BCUT2D eigenvalue weighted by molar-refractivity contribution is 5.52. The van der Waals surface area contributed by atoms with E-state index >= 15 is 0 Å². The Morgan fingerprint density at radius 2 is 2.00 bits per heavy atom. The van der Waals surface area contributed by atoms with Gasteiger partial charge in [0.05, 0.1) is 6.20 Å². The third kappa shape index (κ3) is 3.27. The molecule has 22 heavy (non-hydrogen) atoms. The molecule has 1 fully saturated rings. The van der Waals surface area contributed by atoms with E-state index in [1.54, 1.807) is 13.1 Å². The van der Waals surface area contributed by atoms with E-state index < -0.39 is 0 Å². The lowest BCUT2D eigenvalue weighted by molar-refractivity contribution is 0.469. The third-order valence-electron chi connectivity index (χ3n) is 3.57. The molecule has 2 aromatic heterocycles. The molecular weight excluding hydrogens is 278 g/mol. The van der Waals surface area contributed by atoms with E-state index in [4.69, 9.17) is 10.5 Å². The van der Waals surface area contributed by atoms with Crippen LogP contribution in [-0.4, -0.2) is 21.0 Å². The van der Waals surface area contributed by atoms with Gasteiger partial charge < -0.3 is 15.8 Å². The third-order valence-corrected chi connectivity index (χ3v) is 3.57. The molecule has 6 heteroatoms. The van der Waals surface area contributed by atoms with E-state index in [2.05, 4.69) is 34.1 Å². The van der Waals surface area contributed by atoms with Gasteiger partial charge in [-0.1, -0.05) is 13.8 Å².